The minimum atomic E-state index is 0.189. The van der Waals surface area contributed by atoms with E-state index < -0.39 is 0 Å². The summed E-state index contributed by atoms with van der Waals surface area (Å²) in [6.07, 6.45) is 1.03. The Morgan fingerprint density at radius 3 is 2.33 bits per heavy atom. The zero-order valence-electron chi connectivity index (χ0n) is 11.4. The Morgan fingerprint density at radius 2 is 1.94 bits per heavy atom. The monoisotopic (exact) mass is 246 g/mol. The van der Waals surface area contributed by atoms with E-state index in [9.17, 15) is 4.79 Å². The van der Waals surface area contributed by atoms with Crippen molar-refractivity contribution in [3.63, 3.8) is 0 Å². The third-order valence-corrected chi connectivity index (χ3v) is 3.63. The van der Waals surface area contributed by atoms with Crippen molar-refractivity contribution in [1.29, 1.82) is 0 Å². The quantitative estimate of drug-likeness (QED) is 0.887. The lowest BCUT2D eigenvalue weighted by molar-refractivity contribution is -0.120. The van der Waals surface area contributed by atoms with Crippen LogP contribution in [0.3, 0.4) is 0 Å². The number of hydrogen-bond acceptors (Lipinski definition) is 2. The van der Waals surface area contributed by atoms with Crippen molar-refractivity contribution < 1.29 is 4.79 Å². The summed E-state index contributed by atoms with van der Waals surface area (Å²) in [6.45, 7) is 6.79. The molecule has 2 unspecified atom stereocenters. The Bertz CT molecular complexity index is 425. The van der Waals surface area contributed by atoms with E-state index in [4.69, 9.17) is 5.73 Å². The highest BCUT2D eigenvalue weighted by Gasteiger charge is 2.42. The summed E-state index contributed by atoms with van der Waals surface area (Å²) < 4.78 is 0. The van der Waals surface area contributed by atoms with Crippen molar-refractivity contribution in [3.05, 3.63) is 29.8 Å². The van der Waals surface area contributed by atoms with Crippen LogP contribution in [0.4, 0.5) is 5.69 Å². The second-order valence-corrected chi connectivity index (χ2v) is 5.49. The molecule has 2 atom stereocenters. The van der Waals surface area contributed by atoms with Gasteiger partial charge in [0.2, 0.25) is 5.91 Å². The second-order valence-electron chi connectivity index (χ2n) is 5.49. The molecular weight excluding hydrogens is 224 g/mol. The highest BCUT2D eigenvalue weighted by atomic mass is 16.2. The van der Waals surface area contributed by atoms with Crippen LogP contribution in [0.5, 0.6) is 0 Å². The molecule has 3 nitrogen and oxygen atoms in total. The van der Waals surface area contributed by atoms with E-state index in [2.05, 4.69) is 20.8 Å². The number of carbonyl (C=O) groups excluding carboxylic acids is 1. The number of rotatable bonds is 4. The average Bonchev–Trinajstić information content (AvgIpc) is 3.07. The Labute approximate surface area is 109 Å². The van der Waals surface area contributed by atoms with Crippen LogP contribution >= 0.6 is 0 Å². The Morgan fingerprint density at radius 1 is 1.39 bits per heavy atom. The predicted octanol–water partition coefficient (Wildman–Crippen LogP) is 2.54. The van der Waals surface area contributed by atoms with Gasteiger partial charge in [-0.3, -0.25) is 4.79 Å². The first kappa shape index (κ1) is 13.1. The van der Waals surface area contributed by atoms with Gasteiger partial charge in [-0.25, -0.2) is 0 Å². The Kier molecular flexibility index (Phi) is 3.71. The first-order chi connectivity index (χ1) is 8.54. The van der Waals surface area contributed by atoms with Gasteiger partial charge >= 0.3 is 0 Å². The maximum Gasteiger partial charge on any atom is 0.230 e. The SMILES string of the molecule is CC1CC1C(=O)N(c1ccc(CN)cc1)C(C)C. The fourth-order valence-electron chi connectivity index (χ4n) is 2.32. The van der Waals surface area contributed by atoms with E-state index in [1.54, 1.807) is 0 Å². The van der Waals surface area contributed by atoms with Gasteiger partial charge in [0.15, 0.2) is 0 Å². The predicted molar refractivity (Wildman–Crippen MR) is 74.2 cm³/mol. The number of amides is 1. The van der Waals surface area contributed by atoms with E-state index >= 15 is 0 Å². The van der Waals surface area contributed by atoms with Crippen molar-refractivity contribution in [2.24, 2.45) is 17.6 Å². The molecule has 3 heteroatoms. The van der Waals surface area contributed by atoms with Crippen LogP contribution < -0.4 is 10.6 Å². The van der Waals surface area contributed by atoms with Gasteiger partial charge in [-0.1, -0.05) is 19.1 Å². The van der Waals surface area contributed by atoms with Crippen LogP contribution in [0.2, 0.25) is 0 Å². The van der Waals surface area contributed by atoms with Crippen LogP contribution in [-0.4, -0.2) is 11.9 Å². The number of nitrogens with two attached hydrogens (primary N) is 1. The van der Waals surface area contributed by atoms with Gasteiger partial charge in [0.1, 0.15) is 0 Å². The zero-order valence-corrected chi connectivity index (χ0v) is 11.4. The molecule has 1 aliphatic rings. The minimum absolute atomic E-state index is 0.189. The minimum Gasteiger partial charge on any atom is -0.326 e. The molecule has 2 rings (SSSR count). The van der Waals surface area contributed by atoms with Crippen molar-refractivity contribution >= 4 is 11.6 Å². The van der Waals surface area contributed by atoms with E-state index in [1.807, 2.05) is 29.2 Å². The van der Waals surface area contributed by atoms with Gasteiger partial charge in [0.25, 0.3) is 0 Å². The molecule has 1 aromatic carbocycles. The van der Waals surface area contributed by atoms with Crippen LogP contribution in [0.15, 0.2) is 24.3 Å². The molecule has 98 valence electrons. The maximum atomic E-state index is 12.4. The molecular formula is C15H22N2O. The molecule has 18 heavy (non-hydrogen) atoms. The number of hydrogen-bond donors (Lipinski definition) is 1. The number of carbonyl (C=O) groups is 1. The highest BCUT2D eigenvalue weighted by molar-refractivity contribution is 5.97. The molecule has 0 aliphatic heterocycles. The summed E-state index contributed by atoms with van der Waals surface area (Å²) in [7, 11) is 0. The summed E-state index contributed by atoms with van der Waals surface area (Å²) in [4.78, 5) is 14.3. The molecule has 0 radical (unpaired) electrons. The first-order valence-electron chi connectivity index (χ1n) is 6.66. The van der Waals surface area contributed by atoms with Gasteiger partial charge in [0.05, 0.1) is 0 Å². The lowest BCUT2D eigenvalue weighted by Crippen LogP contribution is -2.38. The molecule has 0 bridgehead atoms. The lowest BCUT2D eigenvalue weighted by atomic mass is 10.1. The highest BCUT2D eigenvalue weighted by Crippen LogP contribution is 2.40. The normalized spacial score (nSPS) is 22.1. The molecule has 1 aromatic rings. The van der Waals surface area contributed by atoms with Crippen LogP contribution in [0.1, 0.15) is 32.8 Å². The van der Waals surface area contributed by atoms with Crippen molar-refractivity contribution in [3.8, 4) is 0 Å². The van der Waals surface area contributed by atoms with E-state index in [-0.39, 0.29) is 17.9 Å². The Hall–Kier alpha value is -1.35. The summed E-state index contributed by atoms with van der Waals surface area (Å²) in [5, 5.41) is 0. The standard InChI is InChI=1S/C15H22N2O/c1-10(2)17(15(18)14-8-11(14)3)13-6-4-12(9-16)5-7-13/h4-7,10-11,14H,8-9,16H2,1-3H3. The summed E-state index contributed by atoms with van der Waals surface area (Å²) in [5.74, 6) is 1.03. The molecule has 1 aliphatic carbocycles. The van der Waals surface area contributed by atoms with Crippen LogP contribution in [-0.2, 0) is 11.3 Å². The van der Waals surface area contributed by atoms with Crippen LogP contribution in [0, 0.1) is 11.8 Å². The number of benzene rings is 1. The third-order valence-electron chi connectivity index (χ3n) is 3.63. The lowest BCUT2D eigenvalue weighted by Gasteiger charge is -2.27. The molecule has 1 saturated carbocycles. The van der Waals surface area contributed by atoms with Crippen LogP contribution in [0.25, 0.3) is 0 Å². The molecule has 1 amide bonds. The topological polar surface area (TPSA) is 46.3 Å². The van der Waals surface area contributed by atoms with E-state index in [0.717, 1.165) is 17.7 Å². The number of nitrogens with zero attached hydrogens (tertiary/aromatic N) is 1. The summed E-state index contributed by atoms with van der Waals surface area (Å²) >= 11 is 0. The van der Waals surface area contributed by atoms with Gasteiger partial charge in [-0.2, -0.15) is 0 Å². The first-order valence-corrected chi connectivity index (χ1v) is 6.66. The molecule has 0 spiro atoms. The van der Waals surface area contributed by atoms with Gasteiger partial charge < -0.3 is 10.6 Å². The molecule has 1 fully saturated rings. The van der Waals surface area contributed by atoms with E-state index in [1.165, 1.54) is 0 Å². The summed E-state index contributed by atoms with van der Waals surface area (Å²) in [5.41, 5.74) is 7.66. The summed E-state index contributed by atoms with van der Waals surface area (Å²) in [6, 6.07) is 8.16. The molecule has 0 heterocycles. The van der Waals surface area contributed by atoms with E-state index in [0.29, 0.717) is 12.5 Å². The smallest absolute Gasteiger partial charge is 0.230 e. The largest absolute Gasteiger partial charge is 0.326 e. The zero-order chi connectivity index (χ0) is 13.3. The van der Waals surface area contributed by atoms with Crippen molar-refractivity contribution in [2.75, 3.05) is 4.90 Å². The van der Waals surface area contributed by atoms with Crippen molar-refractivity contribution in [2.45, 2.75) is 39.8 Å². The van der Waals surface area contributed by atoms with Crippen molar-refractivity contribution in [1.82, 2.24) is 0 Å². The Balaban J connectivity index is 2.21. The average molecular weight is 246 g/mol. The number of anilines is 1. The van der Waals surface area contributed by atoms with Gasteiger partial charge in [-0.15, -0.1) is 0 Å². The van der Waals surface area contributed by atoms with Gasteiger partial charge in [-0.05, 0) is 43.9 Å². The molecule has 0 aromatic heterocycles. The third kappa shape index (κ3) is 2.56. The van der Waals surface area contributed by atoms with Gasteiger partial charge in [0, 0.05) is 24.2 Å². The molecule has 2 N–H and O–H groups in total. The maximum absolute atomic E-state index is 12.4. The fourth-order valence-corrected chi connectivity index (χ4v) is 2.32. The fraction of sp³-hybridized carbons (Fsp3) is 0.533. The molecule has 0 saturated heterocycles. The second kappa shape index (κ2) is 5.11.